The topological polar surface area (TPSA) is 66.4 Å². The molecule has 2 N–H and O–H groups in total. The van der Waals surface area contributed by atoms with Gasteiger partial charge in [0.2, 0.25) is 5.91 Å². The third-order valence-corrected chi connectivity index (χ3v) is 4.42. The molecule has 0 aliphatic rings. The molecule has 4 nitrogen and oxygen atoms in total. The molecule has 1 aromatic heterocycles. The number of hydrogen-bond acceptors (Lipinski definition) is 3. The van der Waals surface area contributed by atoms with Gasteiger partial charge in [0.05, 0.1) is 12.1 Å². The van der Waals surface area contributed by atoms with E-state index in [4.69, 9.17) is 0 Å². The fourth-order valence-corrected chi connectivity index (χ4v) is 3.28. The first-order valence-electron chi connectivity index (χ1n) is 6.74. The quantitative estimate of drug-likeness (QED) is 0.770. The average molecular weight is 311 g/mol. The van der Waals surface area contributed by atoms with E-state index in [9.17, 15) is 14.7 Å². The van der Waals surface area contributed by atoms with E-state index in [2.05, 4.69) is 5.32 Å². The van der Waals surface area contributed by atoms with Gasteiger partial charge in [-0.1, -0.05) is 48.5 Å². The number of nitrogens with one attached hydrogen (secondary N) is 1. The average Bonchev–Trinajstić information content (AvgIpc) is 2.87. The standard InChI is InChI=1S/C17H13NO3S/c19-14(10-11-6-2-1-3-7-11)18-15-12-8-4-5-9-13(12)22-16(15)17(20)21/h1-9H,10H2,(H,18,19)(H,20,21). The molecule has 0 aliphatic carbocycles. The zero-order valence-corrected chi connectivity index (χ0v) is 12.4. The Hall–Kier alpha value is -2.66. The number of carboxylic acid groups (broad SMARTS) is 1. The van der Waals surface area contributed by atoms with Gasteiger partial charge in [-0.05, 0) is 11.6 Å². The van der Waals surface area contributed by atoms with Crippen molar-refractivity contribution in [3.63, 3.8) is 0 Å². The molecule has 110 valence electrons. The predicted molar refractivity (Wildman–Crippen MR) is 87.6 cm³/mol. The Kier molecular flexibility index (Phi) is 3.89. The number of hydrogen-bond donors (Lipinski definition) is 2. The Morgan fingerprint density at radius 2 is 1.68 bits per heavy atom. The van der Waals surface area contributed by atoms with E-state index >= 15 is 0 Å². The lowest BCUT2D eigenvalue weighted by Gasteiger charge is -2.06. The largest absolute Gasteiger partial charge is 0.477 e. The molecule has 5 heteroatoms. The van der Waals surface area contributed by atoms with Gasteiger partial charge in [-0.15, -0.1) is 11.3 Å². The van der Waals surface area contributed by atoms with E-state index < -0.39 is 5.97 Å². The number of benzene rings is 2. The molecule has 0 aliphatic heterocycles. The van der Waals surface area contributed by atoms with Gasteiger partial charge in [0.15, 0.2) is 0 Å². The summed E-state index contributed by atoms with van der Waals surface area (Å²) in [6.45, 7) is 0. The van der Waals surface area contributed by atoms with E-state index in [1.54, 1.807) is 0 Å². The minimum Gasteiger partial charge on any atom is -0.477 e. The van der Waals surface area contributed by atoms with Crippen LogP contribution < -0.4 is 5.32 Å². The number of anilines is 1. The molecule has 0 bridgehead atoms. The number of carbonyl (C=O) groups excluding carboxylic acids is 1. The summed E-state index contributed by atoms with van der Waals surface area (Å²) in [6.07, 6.45) is 0.212. The first-order valence-corrected chi connectivity index (χ1v) is 7.55. The van der Waals surface area contributed by atoms with E-state index in [1.807, 2.05) is 54.6 Å². The molecule has 0 saturated heterocycles. The highest BCUT2D eigenvalue weighted by atomic mass is 32.1. The van der Waals surface area contributed by atoms with Crippen molar-refractivity contribution in [2.75, 3.05) is 5.32 Å². The molecular formula is C17H13NO3S. The van der Waals surface area contributed by atoms with Crippen LogP contribution in [0.2, 0.25) is 0 Å². The summed E-state index contributed by atoms with van der Waals surface area (Å²) in [7, 11) is 0. The molecule has 0 saturated carbocycles. The SMILES string of the molecule is O=C(Cc1ccccc1)Nc1c(C(=O)O)sc2ccccc12. The maximum Gasteiger partial charge on any atom is 0.348 e. The van der Waals surface area contributed by atoms with Crippen molar-refractivity contribution >= 4 is 39.0 Å². The van der Waals surface area contributed by atoms with Crippen LogP contribution in [0.25, 0.3) is 10.1 Å². The van der Waals surface area contributed by atoms with Gasteiger partial charge >= 0.3 is 5.97 Å². The number of fused-ring (bicyclic) bond motifs is 1. The Morgan fingerprint density at radius 1 is 1.00 bits per heavy atom. The minimum atomic E-state index is -1.03. The van der Waals surface area contributed by atoms with Crippen molar-refractivity contribution < 1.29 is 14.7 Å². The first-order chi connectivity index (χ1) is 10.6. The second kappa shape index (κ2) is 5.99. The highest BCUT2D eigenvalue weighted by Gasteiger charge is 2.19. The van der Waals surface area contributed by atoms with Crippen LogP contribution in [0.15, 0.2) is 54.6 Å². The summed E-state index contributed by atoms with van der Waals surface area (Å²) >= 11 is 1.17. The van der Waals surface area contributed by atoms with E-state index in [-0.39, 0.29) is 17.2 Å². The molecule has 3 rings (SSSR count). The van der Waals surface area contributed by atoms with Crippen LogP contribution in [0.3, 0.4) is 0 Å². The third-order valence-electron chi connectivity index (χ3n) is 3.26. The highest BCUT2D eigenvalue weighted by Crippen LogP contribution is 2.35. The summed E-state index contributed by atoms with van der Waals surface area (Å²) in [6, 6.07) is 16.7. The van der Waals surface area contributed by atoms with Crippen molar-refractivity contribution in [1.29, 1.82) is 0 Å². The molecule has 0 radical (unpaired) electrons. The minimum absolute atomic E-state index is 0.155. The maximum absolute atomic E-state index is 12.2. The van der Waals surface area contributed by atoms with Crippen LogP contribution >= 0.6 is 11.3 Å². The predicted octanol–water partition coefficient (Wildman–Crippen LogP) is 3.78. The molecule has 2 aromatic carbocycles. The normalized spacial score (nSPS) is 10.5. The van der Waals surface area contributed by atoms with E-state index in [0.717, 1.165) is 15.6 Å². The third kappa shape index (κ3) is 2.84. The second-order valence-electron chi connectivity index (χ2n) is 4.82. The fourth-order valence-electron chi connectivity index (χ4n) is 2.29. The van der Waals surface area contributed by atoms with E-state index in [0.29, 0.717) is 5.69 Å². The summed E-state index contributed by atoms with van der Waals surface area (Å²) in [4.78, 5) is 23.7. The molecule has 0 fully saturated rings. The molecule has 1 amide bonds. The lowest BCUT2D eigenvalue weighted by Crippen LogP contribution is -2.15. The van der Waals surface area contributed by atoms with Gasteiger partial charge in [0, 0.05) is 10.1 Å². The van der Waals surface area contributed by atoms with Gasteiger partial charge in [-0.2, -0.15) is 0 Å². The van der Waals surface area contributed by atoms with Crippen molar-refractivity contribution in [2.24, 2.45) is 0 Å². The number of thiophene rings is 1. The van der Waals surface area contributed by atoms with Crippen LogP contribution in [-0.4, -0.2) is 17.0 Å². The molecule has 0 unspecified atom stereocenters. The van der Waals surface area contributed by atoms with Crippen LogP contribution in [0.5, 0.6) is 0 Å². The Labute approximate surface area is 131 Å². The van der Waals surface area contributed by atoms with Crippen LogP contribution in [0.4, 0.5) is 5.69 Å². The second-order valence-corrected chi connectivity index (χ2v) is 5.87. The van der Waals surface area contributed by atoms with Crippen LogP contribution in [0, 0.1) is 0 Å². The number of amides is 1. The zero-order valence-electron chi connectivity index (χ0n) is 11.6. The summed E-state index contributed by atoms with van der Waals surface area (Å²) in [5.74, 6) is -1.26. The number of rotatable bonds is 4. The summed E-state index contributed by atoms with van der Waals surface area (Å²) in [5.41, 5.74) is 1.27. The molecule has 3 aromatic rings. The zero-order chi connectivity index (χ0) is 15.5. The Balaban J connectivity index is 1.91. The van der Waals surface area contributed by atoms with Gasteiger partial charge in [-0.25, -0.2) is 4.79 Å². The van der Waals surface area contributed by atoms with Gasteiger partial charge in [0.1, 0.15) is 4.88 Å². The fraction of sp³-hybridized carbons (Fsp3) is 0.0588. The van der Waals surface area contributed by atoms with Crippen LogP contribution in [-0.2, 0) is 11.2 Å². The van der Waals surface area contributed by atoms with Gasteiger partial charge < -0.3 is 10.4 Å². The van der Waals surface area contributed by atoms with Gasteiger partial charge in [-0.3, -0.25) is 4.79 Å². The Morgan fingerprint density at radius 3 is 2.41 bits per heavy atom. The lowest BCUT2D eigenvalue weighted by molar-refractivity contribution is -0.115. The van der Waals surface area contributed by atoms with Crippen molar-refractivity contribution in [2.45, 2.75) is 6.42 Å². The Bertz CT molecular complexity index is 839. The summed E-state index contributed by atoms with van der Waals surface area (Å²) < 4.78 is 0.843. The highest BCUT2D eigenvalue weighted by molar-refractivity contribution is 7.21. The molecule has 0 atom stereocenters. The number of carboxylic acids is 1. The maximum atomic E-state index is 12.2. The van der Waals surface area contributed by atoms with Gasteiger partial charge in [0.25, 0.3) is 0 Å². The smallest absolute Gasteiger partial charge is 0.348 e. The summed E-state index contributed by atoms with van der Waals surface area (Å²) in [5, 5.41) is 12.8. The number of carbonyl (C=O) groups is 2. The van der Waals surface area contributed by atoms with Crippen molar-refractivity contribution in [1.82, 2.24) is 0 Å². The number of aromatic carboxylic acids is 1. The van der Waals surface area contributed by atoms with Crippen molar-refractivity contribution in [3.8, 4) is 0 Å². The monoisotopic (exact) mass is 311 g/mol. The first kappa shape index (κ1) is 14.3. The van der Waals surface area contributed by atoms with Crippen LogP contribution in [0.1, 0.15) is 15.2 Å². The molecular weight excluding hydrogens is 298 g/mol. The van der Waals surface area contributed by atoms with Crippen molar-refractivity contribution in [3.05, 3.63) is 65.0 Å². The lowest BCUT2D eigenvalue weighted by atomic mass is 10.1. The van der Waals surface area contributed by atoms with E-state index in [1.165, 1.54) is 11.3 Å². The molecule has 0 spiro atoms. The molecule has 22 heavy (non-hydrogen) atoms. The molecule has 1 heterocycles.